The Kier molecular flexibility index (Phi) is 5.22. The van der Waals surface area contributed by atoms with Crippen LogP contribution in [0.3, 0.4) is 0 Å². The van der Waals surface area contributed by atoms with Gasteiger partial charge in [-0.3, -0.25) is 0 Å². The van der Waals surface area contributed by atoms with Crippen molar-refractivity contribution in [2.24, 2.45) is 5.73 Å². The van der Waals surface area contributed by atoms with Gasteiger partial charge >= 0.3 is 0 Å². The van der Waals surface area contributed by atoms with Crippen LogP contribution in [0.2, 0.25) is 0 Å². The second kappa shape index (κ2) is 8.32. The molecule has 0 saturated carbocycles. The molecule has 0 aliphatic carbocycles. The van der Waals surface area contributed by atoms with Crippen LogP contribution in [0.5, 0.6) is 11.5 Å². The van der Waals surface area contributed by atoms with Crippen LogP contribution in [0.4, 0.5) is 6.01 Å². The van der Waals surface area contributed by atoms with Crippen LogP contribution in [-0.4, -0.2) is 24.2 Å². The number of fused-ring (bicyclic) bond motifs is 1. The molecular formula is C25H25N3O3. The molecule has 0 bridgehead atoms. The molecule has 0 amide bonds. The maximum Gasteiger partial charge on any atom is 0.298 e. The smallest absolute Gasteiger partial charge is 0.298 e. The predicted octanol–water partition coefficient (Wildman–Crippen LogP) is 4.69. The Bertz CT molecular complexity index is 1170. The quantitative estimate of drug-likeness (QED) is 0.472. The summed E-state index contributed by atoms with van der Waals surface area (Å²) in [6.45, 7) is 3.94. The Hall–Kier alpha value is -3.51. The largest absolute Gasteiger partial charge is 0.489 e. The van der Waals surface area contributed by atoms with Crippen molar-refractivity contribution in [3.63, 3.8) is 0 Å². The van der Waals surface area contributed by atoms with Gasteiger partial charge in [-0.2, -0.15) is 4.98 Å². The first-order chi connectivity index (χ1) is 15.1. The Balaban J connectivity index is 1.17. The van der Waals surface area contributed by atoms with Crippen LogP contribution in [0.25, 0.3) is 11.1 Å². The molecule has 4 aromatic rings. The van der Waals surface area contributed by atoms with Crippen molar-refractivity contribution < 1.29 is 13.9 Å². The minimum atomic E-state index is -0.0350. The third-order valence-corrected chi connectivity index (χ3v) is 5.40. The lowest BCUT2D eigenvalue weighted by atomic mass is 10.1. The zero-order chi connectivity index (χ0) is 21.2. The molecule has 1 fully saturated rings. The number of nitrogens with two attached hydrogens (primary N) is 1. The molecule has 1 aliphatic heterocycles. The van der Waals surface area contributed by atoms with Gasteiger partial charge in [0.25, 0.3) is 6.01 Å². The summed E-state index contributed by atoms with van der Waals surface area (Å²) in [6, 6.07) is 24.4. The Morgan fingerprint density at radius 3 is 2.65 bits per heavy atom. The Morgan fingerprint density at radius 1 is 1.03 bits per heavy atom. The second-order valence-corrected chi connectivity index (χ2v) is 7.91. The molecule has 3 aromatic carbocycles. The summed E-state index contributed by atoms with van der Waals surface area (Å²) in [4.78, 5) is 6.66. The molecule has 0 radical (unpaired) electrons. The topological polar surface area (TPSA) is 73.8 Å². The average Bonchev–Trinajstić information content (AvgIpc) is 3.18. The molecule has 6 heteroatoms. The third-order valence-electron chi connectivity index (χ3n) is 5.40. The summed E-state index contributed by atoms with van der Waals surface area (Å²) >= 11 is 0. The average molecular weight is 415 g/mol. The van der Waals surface area contributed by atoms with E-state index in [0.717, 1.165) is 46.8 Å². The van der Waals surface area contributed by atoms with Gasteiger partial charge in [0, 0.05) is 12.1 Å². The Labute approximate surface area is 181 Å². The van der Waals surface area contributed by atoms with Gasteiger partial charge in [-0.15, -0.1) is 0 Å². The van der Waals surface area contributed by atoms with E-state index in [-0.39, 0.29) is 12.1 Å². The lowest BCUT2D eigenvalue weighted by molar-refractivity contribution is 0.162. The SMILES string of the molecule is CC(N)c1ccc2nc(N3CC(Oc4cccc(OCc5ccccc5)c4)C3)oc2c1. The highest BCUT2D eigenvalue weighted by atomic mass is 16.5. The van der Waals surface area contributed by atoms with Crippen molar-refractivity contribution in [3.05, 3.63) is 83.9 Å². The molecule has 0 spiro atoms. The number of hydrogen-bond acceptors (Lipinski definition) is 6. The van der Waals surface area contributed by atoms with Gasteiger partial charge in [0.2, 0.25) is 0 Å². The number of anilines is 1. The van der Waals surface area contributed by atoms with E-state index < -0.39 is 0 Å². The number of nitrogens with zero attached hydrogens (tertiary/aromatic N) is 2. The van der Waals surface area contributed by atoms with Gasteiger partial charge in [-0.25, -0.2) is 0 Å². The van der Waals surface area contributed by atoms with Gasteiger partial charge in [-0.05, 0) is 42.3 Å². The van der Waals surface area contributed by atoms with Crippen LogP contribution >= 0.6 is 0 Å². The summed E-state index contributed by atoms with van der Waals surface area (Å²) in [5.41, 5.74) is 9.73. The number of ether oxygens (including phenoxy) is 2. The Morgan fingerprint density at radius 2 is 1.84 bits per heavy atom. The molecule has 2 heterocycles. The lowest BCUT2D eigenvalue weighted by Crippen LogP contribution is -2.54. The van der Waals surface area contributed by atoms with E-state index in [4.69, 9.17) is 19.6 Å². The van der Waals surface area contributed by atoms with E-state index in [0.29, 0.717) is 12.6 Å². The molecule has 1 aliphatic rings. The van der Waals surface area contributed by atoms with E-state index >= 15 is 0 Å². The molecule has 1 atom stereocenters. The number of hydrogen-bond donors (Lipinski definition) is 1. The van der Waals surface area contributed by atoms with Crippen LogP contribution in [0.1, 0.15) is 24.1 Å². The van der Waals surface area contributed by atoms with E-state index in [9.17, 15) is 0 Å². The van der Waals surface area contributed by atoms with E-state index in [2.05, 4.69) is 9.88 Å². The molecule has 1 unspecified atom stereocenters. The highest BCUT2D eigenvalue weighted by Gasteiger charge is 2.32. The fraction of sp³-hybridized carbons (Fsp3) is 0.240. The first-order valence-electron chi connectivity index (χ1n) is 10.5. The van der Waals surface area contributed by atoms with Crippen molar-refractivity contribution in [2.45, 2.75) is 25.7 Å². The highest BCUT2D eigenvalue weighted by molar-refractivity contribution is 5.75. The van der Waals surface area contributed by atoms with Crippen molar-refractivity contribution >= 4 is 17.1 Å². The minimum Gasteiger partial charge on any atom is -0.489 e. The second-order valence-electron chi connectivity index (χ2n) is 7.91. The first-order valence-corrected chi connectivity index (χ1v) is 10.5. The summed E-state index contributed by atoms with van der Waals surface area (Å²) < 4.78 is 17.9. The van der Waals surface area contributed by atoms with E-state index in [1.165, 1.54) is 0 Å². The molecule has 158 valence electrons. The van der Waals surface area contributed by atoms with Crippen molar-refractivity contribution in [2.75, 3.05) is 18.0 Å². The normalized spacial score (nSPS) is 15.0. The highest BCUT2D eigenvalue weighted by Crippen LogP contribution is 2.29. The molecule has 1 aromatic heterocycles. The van der Waals surface area contributed by atoms with Crippen LogP contribution < -0.4 is 20.1 Å². The summed E-state index contributed by atoms with van der Waals surface area (Å²) in [5, 5.41) is 0. The predicted molar refractivity (Wildman–Crippen MR) is 120 cm³/mol. The summed E-state index contributed by atoms with van der Waals surface area (Å²) in [6.07, 6.45) is 0.0824. The van der Waals surface area contributed by atoms with Gasteiger partial charge in [0.1, 0.15) is 29.7 Å². The van der Waals surface area contributed by atoms with Crippen molar-refractivity contribution in [1.82, 2.24) is 4.98 Å². The molecule has 31 heavy (non-hydrogen) atoms. The number of aromatic nitrogens is 1. The third kappa shape index (κ3) is 4.34. The zero-order valence-corrected chi connectivity index (χ0v) is 17.4. The fourth-order valence-corrected chi connectivity index (χ4v) is 3.59. The van der Waals surface area contributed by atoms with Gasteiger partial charge < -0.3 is 24.5 Å². The number of benzene rings is 3. The minimum absolute atomic E-state index is 0.0350. The summed E-state index contributed by atoms with van der Waals surface area (Å²) in [7, 11) is 0. The lowest BCUT2D eigenvalue weighted by Gasteiger charge is -2.37. The monoisotopic (exact) mass is 415 g/mol. The number of oxazole rings is 1. The zero-order valence-electron chi connectivity index (χ0n) is 17.4. The van der Waals surface area contributed by atoms with Crippen LogP contribution in [0, 0.1) is 0 Å². The van der Waals surface area contributed by atoms with Gasteiger partial charge in [0.05, 0.1) is 13.1 Å². The van der Waals surface area contributed by atoms with Crippen LogP contribution in [-0.2, 0) is 6.61 Å². The van der Waals surface area contributed by atoms with Gasteiger partial charge in [-0.1, -0.05) is 42.5 Å². The molecule has 6 nitrogen and oxygen atoms in total. The van der Waals surface area contributed by atoms with Crippen molar-refractivity contribution in [3.8, 4) is 11.5 Å². The molecular weight excluding hydrogens is 390 g/mol. The standard InChI is InChI=1S/C25H25N3O3/c1-17(26)19-10-11-23-24(12-19)31-25(27-23)28-14-22(15-28)30-21-9-5-8-20(13-21)29-16-18-6-3-2-4-7-18/h2-13,17,22H,14-16,26H2,1H3. The molecule has 5 rings (SSSR count). The van der Waals surface area contributed by atoms with Crippen LogP contribution in [0.15, 0.2) is 77.2 Å². The maximum atomic E-state index is 6.11. The van der Waals surface area contributed by atoms with E-state index in [1.807, 2.05) is 79.7 Å². The molecule has 1 saturated heterocycles. The number of rotatable bonds is 7. The van der Waals surface area contributed by atoms with Crippen molar-refractivity contribution in [1.29, 1.82) is 0 Å². The molecule has 2 N–H and O–H groups in total. The van der Waals surface area contributed by atoms with E-state index in [1.54, 1.807) is 0 Å². The maximum absolute atomic E-state index is 6.11. The summed E-state index contributed by atoms with van der Waals surface area (Å²) in [5.74, 6) is 1.59. The fourth-order valence-electron chi connectivity index (χ4n) is 3.59. The van der Waals surface area contributed by atoms with Gasteiger partial charge in [0.15, 0.2) is 5.58 Å². The first kappa shape index (κ1) is 19.5.